The zero-order valence-corrected chi connectivity index (χ0v) is 14.7. The molecule has 0 bridgehead atoms. The van der Waals surface area contributed by atoms with Gasteiger partial charge in [0.1, 0.15) is 0 Å². The maximum absolute atomic E-state index is 11.1. The molecule has 2 aromatic carbocycles. The predicted octanol–water partition coefficient (Wildman–Crippen LogP) is 5.34. The van der Waals surface area contributed by atoms with Crippen molar-refractivity contribution < 1.29 is 9.90 Å². The van der Waals surface area contributed by atoms with Gasteiger partial charge in [0.15, 0.2) is 0 Å². The predicted molar refractivity (Wildman–Crippen MR) is 99.1 cm³/mol. The molecule has 0 saturated heterocycles. The number of hydrogen-bond donors (Lipinski definition) is 1. The second kappa shape index (κ2) is 7.03. The number of carboxylic acid groups (broad SMARTS) is 1. The molecule has 4 nitrogen and oxygen atoms in total. The maximum atomic E-state index is 11.1. The van der Waals surface area contributed by atoms with Crippen molar-refractivity contribution in [2.45, 2.75) is 0 Å². The van der Waals surface area contributed by atoms with Gasteiger partial charge in [-0.25, -0.2) is 4.79 Å². The van der Waals surface area contributed by atoms with Crippen LogP contribution in [0.25, 0.3) is 5.69 Å². The van der Waals surface area contributed by atoms with Gasteiger partial charge in [-0.2, -0.15) is 0 Å². The largest absolute Gasteiger partial charge is 0.478 e. The minimum Gasteiger partial charge on any atom is -0.478 e. The number of aliphatic imine (C=N–C) groups is 1. The summed E-state index contributed by atoms with van der Waals surface area (Å²) in [7, 11) is 0. The number of benzene rings is 2. The van der Waals surface area contributed by atoms with Crippen LogP contribution >= 0.6 is 27.5 Å². The van der Waals surface area contributed by atoms with Gasteiger partial charge in [-0.15, -0.1) is 0 Å². The van der Waals surface area contributed by atoms with E-state index in [-0.39, 0.29) is 10.6 Å². The lowest BCUT2D eigenvalue weighted by atomic mass is 10.2. The Kier molecular flexibility index (Phi) is 4.83. The Morgan fingerprint density at radius 2 is 1.92 bits per heavy atom. The van der Waals surface area contributed by atoms with E-state index >= 15 is 0 Å². The minimum absolute atomic E-state index is 0.0367. The number of carbonyl (C=O) groups is 1. The highest BCUT2D eigenvalue weighted by Crippen LogP contribution is 2.23. The lowest BCUT2D eigenvalue weighted by Gasteiger charge is -2.06. The fraction of sp³-hybridized carbons (Fsp3) is 0. The van der Waals surface area contributed by atoms with Crippen molar-refractivity contribution in [3.8, 4) is 5.69 Å². The SMILES string of the molecule is O=C(O)c1cc(N=Cc2cccn2-c2ccc(Br)cc2)ccc1Cl. The molecule has 3 rings (SSSR count). The normalized spacial score (nSPS) is 11.1. The smallest absolute Gasteiger partial charge is 0.337 e. The van der Waals surface area contributed by atoms with Crippen LogP contribution in [0.15, 0.2) is 70.3 Å². The van der Waals surface area contributed by atoms with Crippen molar-refractivity contribution in [2.75, 3.05) is 0 Å². The summed E-state index contributed by atoms with van der Waals surface area (Å²) in [6, 6.07) is 16.4. The van der Waals surface area contributed by atoms with Crippen LogP contribution in [0.2, 0.25) is 5.02 Å². The number of carboxylic acids is 1. The molecule has 24 heavy (non-hydrogen) atoms. The molecule has 0 radical (unpaired) electrons. The van der Waals surface area contributed by atoms with Gasteiger partial charge in [0.2, 0.25) is 0 Å². The van der Waals surface area contributed by atoms with Crippen LogP contribution in [0.3, 0.4) is 0 Å². The third-order valence-corrected chi connectivity index (χ3v) is 4.27. The summed E-state index contributed by atoms with van der Waals surface area (Å²) >= 11 is 9.29. The monoisotopic (exact) mass is 402 g/mol. The van der Waals surface area contributed by atoms with Gasteiger partial charge >= 0.3 is 5.97 Å². The molecule has 3 aromatic rings. The average molecular weight is 404 g/mol. The van der Waals surface area contributed by atoms with Gasteiger partial charge in [-0.3, -0.25) is 4.99 Å². The van der Waals surface area contributed by atoms with Crippen molar-refractivity contribution in [3.63, 3.8) is 0 Å². The molecule has 0 spiro atoms. The summed E-state index contributed by atoms with van der Waals surface area (Å²) in [6.07, 6.45) is 3.63. The number of hydrogen-bond acceptors (Lipinski definition) is 2. The van der Waals surface area contributed by atoms with Crippen molar-refractivity contribution in [1.82, 2.24) is 4.57 Å². The molecule has 0 fully saturated rings. The zero-order valence-electron chi connectivity index (χ0n) is 12.4. The fourth-order valence-corrected chi connectivity index (χ4v) is 2.70. The molecule has 0 aliphatic carbocycles. The molecular weight excluding hydrogens is 392 g/mol. The third kappa shape index (κ3) is 3.58. The highest BCUT2D eigenvalue weighted by Gasteiger charge is 2.09. The number of halogens is 2. The van der Waals surface area contributed by atoms with Gasteiger partial charge in [-0.1, -0.05) is 27.5 Å². The molecule has 0 atom stereocenters. The highest BCUT2D eigenvalue weighted by molar-refractivity contribution is 9.10. The van der Waals surface area contributed by atoms with Crippen LogP contribution in [0.1, 0.15) is 16.1 Å². The molecule has 1 N–H and O–H groups in total. The average Bonchev–Trinajstić information content (AvgIpc) is 3.03. The molecule has 1 aromatic heterocycles. The van der Waals surface area contributed by atoms with Crippen LogP contribution < -0.4 is 0 Å². The Morgan fingerprint density at radius 3 is 2.62 bits per heavy atom. The molecule has 0 aliphatic heterocycles. The van der Waals surface area contributed by atoms with Crippen molar-refractivity contribution in [1.29, 1.82) is 0 Å². The van der Waals surface area contributed by atoms with Crippen LogP contribution in [-0.2, 0) is 0 Å². The van der Waals surface area contributed by atoms with E-state index in [0.717, 1.165) is 15.9 Å². The van der Waals surface area contributed by atoms with E-state index in [2.05, 4.69) is 20.9 Å². The Hall–Kier alpha value is -2.37. The lowest BCUT2D eigenvalue weighted by molar-refractivity contribution is 0.0697. The molecular formula is C18H12BrClN2O2. The second-order valence-corrected chi connectivity index (χ2v) is 6.33. The zero-order chi connectivity index (χ0) is 17.1. The summed E-state index contributed by atoms with van der Waals surface area (Å²) in [4.78, 5) is 15.5. The number of aromatic nitrogens is 1. The Balaban J connectivity index is 1.91. The third-order valence-electron chi connectivity index (χ3n) is 3.41. The molecule has 120 valence electrons. The van der Waals surface area contributed by atoms with E-state index < -0.39 is 5.97 Å². The Morgan fingerprint density at radius 1 is 1.17 bits per heavy atom. The maximum Gasteiger partial charge on any atom is 0.337 e. The highest BCUT2D eigenvalue weighted by atomic mass is 79.9. The molecule has 1 heterocycles. The first-order valence-corrected chi connectivity index (χ1v) is 8.22. The quantitative estimate of drug-likeness (QED) is 0.598. The van der Waals surface area contributed by atoms with Gasteiger partial charge in [0, 0.05) is 16.4 Å². The lowest BCUT2D eigenvalue weighted by Crippen LogP contribution is -1.98. The topological polar surface area (TPSA) is 54.6 Å². The molecule has 0 aliphatic rings. The summed E-state index contributed by atoms with van der Waals surface area (Å²) in [5, 5.41) is 9.31. The summed E-state index contributed by atoms with van der Waals surface area (Å²) < 4.78 is 3.00. The van der Waals surface area contributed by atoms with Gasteiger partial charge < -0.3 is 9.67 Å². The van der Waals surface area contributed by atoms with Gasteiger partial charge in [0.25, 0.3) is 0 Å². The summed E-state index contributed by atoms with van der Waals surface area (Å²) in [6.45, 7) is 0. The number of aromatic carboxylic acids is 1. The van der Waals surface area contributed by atoms with E-state index in [9.17, 15) is 4.79 Å². The number of rotatable bonds is 4. The van der Waals surface area contributed by atoms with Gasteiger partial charge in [0.05, 0.1) is 28.2 Å². The van der Waals surface area contributed by atoms with E-state index in [0.29, 0.717) is 5.69 Å². The van der Waals surface area contributed by atoms with Crippen LogP contribution in [-0.4, -0.2) is 21.9 Å². The first-order chi connectivity index (χ1) is 11.5. The standard InChI is InChI=1S/C18H12BrClN2O2/c19-12-3-6-14(7-4-12)22-9-1-2-15(22)11-21-13-5-8-17(20)16(10-13)18(23)24/h1-11H,(H,23,24). The van der Waals surface area contributed by atoms with E-state index in [4.69, 9.17) is 16.7 Å². The summed E-state index contributed by atoms with van der Waals surface area (Å²) in [5.74, 6) is -1.07. The van der Waals surface area contributed by atoms with Gasteiger partial charge in [-0.05, 0) is 54.6 Å². The fourth-order valence-electron chi connectivity index (χ4n) is 2.23. The van der Waals surface area contributed by atoms with E-state index in [1.54, 1.807) is 12.3 Å². The molecule has 0 unspecified atom stereocenters. The van der Waals surface area contributed by atoms with Crippen LogP contribution in [0.5, 0.6) is 0 Å². The first-order valence-electron chi connectivity index (χ1n) is 7.05. The molecule has 0 saturated carbocycles. The molecule has 0 amide bonds. The Bertz CT molecular complexity index is 917. The van der Waals surface area contributed by atoms with Crippen molar-refractivity contribution in [3.05, 3.63) is 81.5 Å². The van der Waals surface area contributed by atoms with Crippen molar-refractivity contribution in [2.24, 2.45) is 4.99 Å². The number of nitrogens with zero attached hydrogens (tertiary/aromatic N) is 2. The minimum atomic E-state index is -1.07. The van der Waals surface area contributed by atoms with Crippen LogP contribution in [0.4, 0.5) is 5.69 Å². The van der Waals surface area contributed by atoms with E-state index in [1.807, 2.05) is 47.2 Å². The molecule has 6 heteroatoms. The second-order valence-electron chi connectivity index (χ2n) is 5.01. The first kappa shape index (κ1) is 16.5. The Labute approximate surface area is 152 Å². The summed E-state index contributed by atoms with van der Waals surface area (Å²) in [5.41, 5.74) is 2.45. The van der Waals surface area contributed by atoms with E-state index in [1.165, 1.54) is 12.1 Å². The van der Waals surface area contributed by atoms with Crippen LogP contribution in [0, 0.1) is 0 Å². The van der Waals surface area contributed by atoms with Crippen molar-refractivity contribution >= 4 is 45.4 Å².